The Labute approximate surface area is 113 Å². The maximum absolute atomic E-state index is 12.2. The summed E-state index contributed by atoms with van der Waals surface area (Å²) >= 11 is 0. The molecule has 1 aromatic heterocycles. The normalized spacial score (nSPS) is 21.6. The standard InChI is InChI=1S/C15H11N3O2/c1-16-14(19)17-12-9-6-2-4-8-5-3-7-10(11(8)9)13(12)18(17)15(16)20/h2-7,12-13H,1H3. The van der Waals surface area contributed by atoms with Crippen LogP contribution in [0.3, 0.4) is 0 Å². The van der Waals surface area contributed by atoms with Crippen molar-refractivity contribution in [2.24, 2.45) is 7.05 Å². The number of fused-ring (bicyclic) bond motifs is 6. The first kappa shape index (κ1) is 10.3. The summed E-state index contributed by atoms with van der Waals surface area (Å²) in [6.45, 7) is 0. The average Bonchev–Trinajstić information content (AvgIpc) is 2.79. The second kappa shape index (κ2) is 2.95. The minimum atomic E-state index is -0.235. The molecule has 3 aromatic rings. The molecule has 0 fully saturated rings. The van der Waals surface area contributed by atoms with Gasteiger partial charge in [-0.1, -0.05) is 36.4 Å². The van der Waals surface area contributed by atoms with Gasteiger partial charge in [0.2, 0.25) is 0 Å². The lowest BCUT2D eigenvalue weighted by molar-refractivity contribution is 0.201. The molecule has 5 nitrogen and oxygen atoms in total. The predicted octanol–water partition coefficient (Wildman–Crippen LogP) is 1.01. The molecule has 98 valence electrons. The Morgan fingerprint density at radius 2 is 1.35 bits per heavy atom. The molecule has 1 aliphatic carbocycles. The van der Waals surface area contributed by atoms with Crippen LogP contribution in [0.25, 0.3) is 10.8 Å². The molecule has 0 saturated heterocycles. The van der Waals surface area contributed by atoms with E-state index in [9.17, 15) is 9.59 Å². The number of benzene rings is 2. The molecule has 2 heterocycles. The summed E-state index contributed by atoms with van der Waals surface area (Å²) in [5.41, 5.74) is 1.83. The van der Waals surface area contributed by atoms with E-state index in [1.54, 1.807) is 9.36 Å². The van der Waals surface area contributed by atoms with Crippen LogP contribution in [0.15, 0.2) is 46.0 Å². The third-order valence-electron chi connectivity index (χ3n) is 4.63. The van der Waals surface area contributed by atoms with Crippen molar-refractivity contribution >= 4 is 10.8 Å². The van der Waals surface area contributed by atoms with E-state index in [2.05, 4.69) is 24.3 Å². The van der Waals surface area contributed by atoms with Gasteiger partial charge in [0.05, 0.1) is 0 Å². The van der Waals surface area contributed by atoms with E-state index in [4.69, 9.17) is 0 Å². The van der Waals surface area contributed by atoms with Crippen LogP contribution in [0, 0.1) is 0 Å². The van der Waals surface area contributed by atoms with E-state index in [0.29, 0.717) is 0 Å². The van der Waals surface area contributed by atoms with Gasteiger partial charge >= 0.3 is 11.4 Å². The Bertz CT molecular complexity index is 946. The first-order valence-electron chi connectivity index (χ1n) is 6.62. The molecule has 2 aromatic carbocycles. The zero-order chi connectivity index (χ0) is 13.6. The van der Waals surface area contributed by atoms with Crippen molar-refractivity contribution in [3.63, 3.8) is 0 Å². The first-order chi connectivity index (χ1) is 9.70. The molecule has 2 unspecified atom stereocenters. The highest BCUT2D eigenvalue weighted by atomic mass is 16.2. The van der Waals surface area contributed by atoms with Crippen molar-refractivity contribution in [2.45, 2.75) is 12.1 Å². The van der Waals surface area contributed by atoms with Crippen LogP contribution in [0.1, 0.15) is 23.2 Å². The Morgan fingerprint density at radius 1 is 0.850 bits per heavy atom. The third-order valence-corrected chi connectivity index (χ3v) is 4.63. The molecule has 0 saturated carbocycles. The molecule has 5 heteroatoms. The summed E-state index contributed by atoms with van der Waals surface area (Å²) < 4.78 is 4.35. The summed E-state index contributed by atoms with van der Waals surface area (Å²) in [5, 5.41) is 2.37. The van der Waals surface area contributed by atoms with Gasteiger partial charge in [0.25, 0.3) is 0 Å². The van der Waals surface area contributed by atoms with Crippen LogP contribution in [0.4, 0.5) is 0 Å². The number of nitrogens with zero attached hydrogens (tertiary/aromatic N) is 3. The molecule has 20 heavy (non-hydrogen) atoms. The number of rotatable bonds is 0. The van der Waals surface area contributed by atoms with Gasteiger partial charge in [-0.25, -0.2) is 23.5 Å². The second-order valence-electron chi connectivity index (χ2n) is 5.50. The zero-order valence-electron chi connectivity index (χ0n) is 10.8. The minimum Gasteiger partial charge on any atom is -0.246 e. The van der Waals surface area contributed by atoms with Crippen LogP contribution in [-0.2, 0) is 7.05 Å². The van der Waals surface area contributed by atoms with E-state index in [1.807, 2.05) is 12.1 Å². The third kappa shape index (κ3) is 0.853. The zero-order valence-corrected chi connectivity index (χ0v) is 10.8. The SMILES string of the molecule is Cn1c(=O)n2n(c1=O)C1c3cccc4cccc(c34)C12. The monoisotopic (exact) mass is 265 g/mol. The molecular formula is C15H11N3O2. The van der Waals surface area contributed by atoms with Gasteiger partial charge in [0.15, 0.2) is 0 Å². The number of hydrogen-bond donors (Lipinski definition) is 0. The van der Waals surface area contributed by atoms with Crippen molar-refractivity contribution in [1.82, 2.24) is 13.9 Å². The van der Waals surface area contributed by atoms with Crippen LogP contribution in [0.2, 0.25) is 0 Å². The van der Waals surface area contributed by atoms with Crippen molar-refractivity contribution in [3.8, 4) is 0 Å². The van der Waals surface area contributed by atoms with Gasteiger partial charge in [0.1, 0.15) is 12.1 Å². The van der Waals surface area contributed by atoms with Gasteiger partial charge in [-0.05, 0) is 21.9 Å². The fraction of sp³-hybridized carbons (Fsp3) is 0.200. The van der Waals surface area contributed by atoms with E-state index in [-0.39, 0.29) is 23.5 Å². The number of aromatic nitrogens is 3. The number of hydrogen-bond acceptors (Lipinski definition) is 2. The topological polar surface area (TPSA) is 48.9 Å². The quantitative estimate of drug-likeness (QED) is 0.609. The van der Waals surface area contributed by atoms with Crippen LogP contribution in [0.5, 0.6) is 0 Å². The summed E-state index contributed by atoms with van der Waals surface area (Å²) in [5.74, 6) is 0. The van der Waals surface area contributed by atoms with Crippen LogP contribution >= 0.6 is 0 Å². The Hall–Kier alpha value is -2.56. The van der Waals surface area contributed by atoms with Gasteiger partial charge in [0, 0.05) is 7.05 Å². The lowest BCUT2D eigenvalue weighted by Gasteiger charge is -2.35. The van der Waals surface area contributed by atoms with Gasteiger partial charge in [-0.2, -0.15) is 0 Å². The molecule has 0 N–H and O–H groups in total. The largest absolute Gasteiger partial charge is 0.347 e. The average molecular weight is 265 g/mol. The lowest BCUT2D eigenvalue weighted by atomic mass is 10.0. The van der Waals surface area contributed by atoms with Crippen LogP contribution in [-0.4, -0.2) is 13.9 Å². The molecule has 0 spiro atoms. The molecule has 1 aliphatic heterocycles. The van der Waals surface area contributed by atoms with E-state index >= 15 is 0 Å². The summed E-state index contributed by atoms with van der Waals surface area (Å²) in [6, 6.07) is 12.2. The lowest BCUT2D eigenvalue weighted by Crippen LogP contribution is -2.46. The molecular weight excluding hydrogens is 254 g/mol. The van der Waals surface area contributed by atoms with Crippen molar-refractivity contribution in [1.29, 1.82) is 0 Å². The first-order valence-corrected chi connectivity index (χ1v) is 6.62. The van der Waals surface area contributed by atoms with Gasteiger partial charge in [-0.15, -0.1) is 0 Å². The molecule has 2 atom stereocenters. The highest BCUT2D eigenvalue weighted by Crippen LogP contribution is 2.51. The van der Waals surface area contributed by atoms with Gasteiger partial charge < -0.3 is 0 Å². The smallest absolute Gasteiger partial charge is 0.246 e. The molecule has 0 radical (unpaired) electrons. The maximum atomic E-state index is 12.2. The van der Waals surface area contributed by atoms with Crippen molar-refractivity contribution in [3.05, 3.63) is 68.5 Å². The fourth-order valence-electron chi connectivity index (χ4n) is 3.77. The van der Waals surface area contributed by atoms with Crippen molar-refractivity contribution in [2.75, 3.05) is 0 Å². The van der Waals surface area contributed by atoms with Crippen LogP contribution < -0.4 is 11.4 Å². The fourth-order valence-corrected chi connectivity index (χ4v) is 3.77. The minimum absolute atomic E-state index is 0.0301. The van der Waals surface area contributed by atoms with E-state index < -0.39 is 0 Å². The Morgan fingerprint density at radius 3 is 1.85 bits per heavy atom. The second-order valence-corrected chi connectivity index (χ2v) is 5.50. The summed E-state index contributed by atoms with van der Waals surface area (Å²) in [7, 11) is 1.53. The molecule has 5 rings (SSSR count). The van der Waals surface area contributed by atoms with Crippen molar-refractivity contribution < 1.29 is 0 Å². The Kier molecular flexibility index (Phi) is 1.51. The molecule has 0 bridgehead atoms. The Balaban J connectivity index is 1.97. The van der Waals surface area contributed by atoms with E-state index in [1.165, 1.54) is 22.4 Å². The molecule has 0 amide bonds. The highest BCUT2D eigenvalue weighted by molar-refractivity contribution is 5.92. The maximum Gasteiger partial charge on any atom is 0.347 e. The predicted molar refractivity (Wildman–Crippen MR) is 74.2 cm³/mol. The highest BCUT2D eigenvalue weighted by Gasteiger charge is 2.48. The van der Waals surface area contributed by atoms with E-state index in [0.717, 1.165) is 11.1 Å². The molecule has 2 aliphatic rings. The van der Waals surface area contributed by atoms with Gasteiger partial charge in [-0.3, -0.25) is 0 Å². The summed E-state index contributed by atoms with van der Waals surface area (Å²) in [6.07, 6.45) is 0. The summed E-state index contributed by atoms with van der Waals surface area (Å²) in [4.78, 5) is 24.4.